The second-order valence-electron chi connectivity index (χ2n) is 3.72. The molecule has 1 aromatic carbocycles. The Morgan fingerprint density at radius 1 is 1.24 bits per heavy atom. The van der Waals surface area contributed by atoms with Gasteiger partial charge in [-0.15, -0.1) is 11.3 Å². The fourth-order valence-corrected chi connectivity index (χ4v) is 2.41. The van der Waals surface area contributed by atoms with Crippen molar-refractivity contribution in [1.29, 1.82) is 0 Å². The zero-order chi connectivity index (χ0) is 11.8. The van der Waals surface area contributed by atoms with Gasteiger partial charge in [0.1, 0.15) is 5.76 Å². The second kappa shape index (κ2) is 3.75. The maximum Gasteiger partial charge on any atom is 0.344 e. The third kappa shape index (κ3) is 1.72. The number of benzene rings is 1. The molecular weight excluding hydrogens is 234 g/mol. The van der Waals surface area contributed by atoms with Crippen molar-refractivity contribution in [3.05, 3.63) is 51.7 Å². The molecule has 2 N–H and O–H groups in total. The van der Waals surface area contributed by atoms with Crippen molar-refractivity contribution in [2.45, 2.75) is 0 Å². The molecule has 0 unspecified atom stereocenters. The van der Waals surface area contributed by atoms with Crippen molar-refractivity contribution < 1.29 is 9.53 Å². The topological polar surface area (TPSA) is 52.3 Å². The summed E-state index contributed by atoms with van der Waals surface area (Å²) in [5, 5.41) is 1.98. The van der Waals surface area contributed by atoms with E-state index in [1.165, 1.54) is 0 Å². The van der Waals surface area contributed by atoms with Crippen molar-refractivity contribution >= 4 is 34.8 Å². The maximum absolute atomic E-state index is 11.6. The molecule has 0 amide bonds. The predicted molar refractivity (Wildman–Crippen MR) is 68.5 cm³/mol. The molecule has 84 valence electrons. The number of carbonyl (C=O) groups is 1. The van der Waals surface area contributed by atoms with E-state index in [1.807, 2.05) is 29.7 Å². The largest absolute Gasteiger partial charge is 0.422 e. The molecule has 0 saturated heterocycles. The minimum absolute atomic E-state index is 0.338. The molecule has 1 aliphatic heterocycles. The zero-order valence-electron chi connectivity index (χ0n) is 8.84. The summed E-state index contributed by atoms with van der Waals surface area (Å²) in [4.78, 5) is 12.7. The normalized spacial score (nSPS) is 16.0. The Bertz CT molecular complexity index is 614. The third-order valence-corrected chi connectivity index (χ3v) is 3.37. The average Bonchev–Trinajstić information content (AvgIpc) is 2.89. The van der Waals surface area contributed by atoms with E-state index in [2.05, 4.69) is 0 Å². The van der Waals surface area contributed by atoms with Gasteiger partial charge in [0, 0.05) is 16.1 Å². The van der Waals surface area contributed by atoms with Crippen LogP contribution < -0.4 is 5.73 Å². The van der Waals surface area contributed by atoms with Gasteiger partial charge in [0.05, 0.1) is 5.56 Å². The molecule has 0 radical (unpaired) electrons. The summed E-state index contributed by atoms with van der Waals surface area (Å²) >= 11 is 1.60. The standard InChI is InChI=1S/C13H9NO2S/c14-8-3-4-10-11(6-8)13(15)16-12(10)7-9-2-1-5-17-9/h1-7H,14H2/b12-7-. The number of hydrogen-bond donors (Lipinski definition) is 1. The predicted octanol–water partition coefficient (Wildman–Crippen LogP) is 3.00. The molecule has 0 spiro atoms. The Morgan fingerprint density at radius 3 is 2.88 bits per heavy atom. The average molecular weight is 243 g/mol. The van der Waals surface area contributed by atoms with Crippen LogP contribution in [-0.4, -0.2) is 5.97 Å². The molecule has 3 nitrogen and oxygen atoms in total. The minimum atomic E-state index is -0.338. The molecule has 17 heavy (non-hydrogen) atoms. The van der Waals surface area contributed by atoms with Gasteiger partial charge in [-0.2, -0.15) is 0 Å². The lowest BCUT2D eigenvalue weighted by Gasteiger charge is -1.97. The fraction of sp³-hybridized carbons (Fsp3) is 0. The number of anilines is 1. The number of ether oxygens (including phenoxy) is 1. The Labute approximate surface area is 102 Å². The number of thiophene rings is 1. The van der Waals surface area contributed by atoms with Crippen LogP contribution in [0.3, 0.4) is 0 Å². The Morgan fingerprint density at radius 2 is 2.12 bits per heavy atom. The summed E-state index contributed by atoms with van der Waals surface area (Å²) in [6.45, 7) is 0. The third-order valence-electron chi connectivity index (χ3n) is 2.55. The Hall–Kier alpha value is -2.07. The molecule has 0 fully saturated rings. The van der Waals surface area contributed by atoms with Crippen LogP contribution in [0.25, 0.3) is 11.8 Å². The molecule has 1 aliphatic rings. The van der Waals surface area contributed by atoms with E-state index in [9.17, 15) is 4.79 Å². The van der Waals surface area contributed by atoms with Gasteiger partial charge in [-0.3, -0.25) is 0 Å². The van der Waals surface area contributed by atoms with E-state index in [-0.39, 0.29) is 5.97 Å². The number of rotatable bonds is 1. The van der Waals surface area contributed by atoms with E-state index in [1.54, 1.807) is 23.5 Å². The van der Waals surface area contributed by atoms with Crippen LogP contribution in [0, 0.1) is 0 Å². The highest BCUT2D eigenvalue weighted by Crippen LogP contribution is 2.33. The van der Waals surface area contributed by atoms with Gasteiger partial charge in [0.2, 0.25) is 0 Å². The highest BCUT2D eigenvalue weighted by Gasteiger charge is 2.26. The van der Waals surface area contributed by atoms with Crippen LogP contribution in [0.1, 0.15) is 20.8 Å². The van der Waals surface area contributed by atoms with Gasteiger partial charge in [-0.05, 0) is 35.7 Å². The number of esters is 1. The summed E-state index contributed by atoms with van der Waals surface area (Å²) in [7, 11) is 0. The second-order valence-corrected chi connectivity index (χ2v) is 4.70. The van der Waals surface area contributed by atoms with Gasteiger partial charge in [-0.25, -0.2) is 4.79 Å². The molecule has 4 heteroatoms. The summed E-state index contributed by atoms with van der Waals surface area (Å²) in [6.07, 6.45) is 1.87. The first kappa shape index (κ1) is 10.1. The summed E-state index contributed by atoms with van der Waals surface area (Å²) in [5.74, 6) is 0.252. The van der Waals surface area contributed by atoms with Crippen LogP contribution >= 0.6 is 11.3 Å². The van der Waals surface area contributed by atoms with E-state index in [0.29, 0.717) is 17.0 Å². The van der Waals surface area contributed by atoms with Gasteiger partial charge in [-0.1, -0.05) is 6.07 Å². The zero-order valence-corrected chi connectivity index (χ0v) is 9.66. The molecule has 1 aromatic heterocycles. The number of cyclic esters (lactones) is 1. The van der Waals surface area contributed by atoms with Crippen molar-refractivity contribution in [3.8, 4) is 0 Å². The lowest BCUT2D eigenvalue weighted by molar-refractivity contribution is 0.0717. The van der Waals surface area contributed by atoms with Crippen LogP contribution in [0.4, 0.5) is 5.69 Å². The first-order valence-corrected chi connectivity index (χ1v) is 5.99. The Balaban J connectivity index is 2.10. The van der Waals surface area contributed by atoms with Gasteiger partial charge >= 0.3 is 5.97 Å². The fourth-order valence-electron chi connectivity index (χ4n) is 1.77. The van der Waals surface area contributed by atoms with E-state index < -0.39 is 0 Å². The highest BCUT2D eigenvalue weighted by molar-refractivity contribution is 7.10. The van der Waals surface area contributed by atoms with Crippen LogP contribution in [0.2, 0.25) is 0 Å². The Kier molecular flexibility index (Phi) is 2.23. The number of carbonyl (C=O) groups excluding carboxylic acids is 1. The SMILES string of the molecule is Nc1ccc2c(c1)C(=O)O/C2=C\c1cccs1. The first-order valence-electron chi connectivity index (χ1n) is 5.11. The first-order chi connectivity index (χ1) is 8.24. The molecule has 2 heterocycles. The highest BCUT2D eigenvalue weighted by atomic mass is 32.1. The molecule has 0 bridgehead atoms. The van der Waals surface area contributed by atoms with E-state index in [4.69, 9.17) is 10.5 Å². The van der Waals surface area contributed by atoms with E-state index >= 15 is 0 Å². The summed E-state index contributed by atoms with van der Waals surface area (Å²) in [6, 6.07) is 9.16. The number of nitrogens with two attached hydrogens (primary N) is 1. The van der Waals surface area contributed by atoms with Crippen molar-refractivity contribution in [3.63, 3.8) is 0 Å². The molecule has 0 aliphatic carbocycles. The molecule has 3 rings (SSSR count). The maximum atomic E-state index is 11.6. The molecule has 0 atom stereocenters. The van der Waals surface area contributed by atoms with Gasteiger partial charge < -0.3 is 10.5 Å². The van der Waals surface area contributed by atoms with Gasteiger partial charge in [0.15, 0.2) is 0 Å². The number of nitrogen functional groups attached to an aromatic ring is 1. The monoisotopic (exact) mass is 243 g/mol. The quantitative estimate of drug-likeness (QED) is 0.618. The van der Waals surface area contributed by atoms with Crippen LogP contribution in [0.15, 0.2) is 35.7 Å². The van der Waals surface area contributed by atoms with E-state index in [0.717, 1.165) is 10.4 Å². The van der Waals surface area contributed by atoms with Crippen LogP contribution in [-0.2, 0) is 4.74 Å². The lowest BCUT2D eigenvalue weighted by Crippen LogP contribution is -1.94. The molecule has 2 aromatic rings. The molecule has 0 saturated carbocycles. The summed E-state index contributed by atoms with van der Waals surface area (Å²) < 4.78 is 5.23. The lowest BCUT2D eigenvalue weighted by atomic mass is 10.1. The summed E-state index contributed by atoms with van der Waals surface area (Å²) in [5.41, 5.74) is 7.56. The van der Waals surface area contributed by atoms with Gasteiger partial charge in [0.25, 0.3) is 0 Å². The van der Waals surface area contributed by atoms with Crippen LogP contribution in [0.5, 0.6) is 0 Å². The molecular formula is C13H9NO2S. The van der Waals surface area contributed by atoms with Crippen molar-refractivity contribution in [2.75, 3.05) is 5.73 Å². The van der Waals surface area contributed by atoms with Crippen molar-refractivity contribution in [1.82, 2.24) is 0 Å². The number of hydrogen-bond acceptors (Lipinski definition) is 4. The van der Waals surface area contributed by atoms with Crippen molar-refractivity contribution in [2.24, 2.45) is 0 Å². The number of fused-ring (bicyclic) bond motifs is 1. The minimum Gasteiger partial charge on any atom is -0.422 e. The smallest absolute Gasteiger partial charge is 0.344 e.